The number of aromatic nitrogens is 2. The van der Waals surface area contributed by atoms with E-state index in [2.05, 4.69) is 35.8 Å². The second-order valence-corrected chi connectivity index (χ2v) is 13.4. The van der Waals surface area contributed by atoms with Gasteiger partial charge in [-0.05, 0) is 84.6 Å². The SMILES string of the molecule is [2H]c1c([2H])c([2H])c(-c2cccc(-c3c([2H])c([2H])c([2H])c([2H])c3[2H])c2N2CN(c3cccc(Oc4ccc5c6ccccc6n(-c6cc(C)c(C)cn6)c5c4)c3)c3ccccc32)c([2H])c1[2H]. The molecule has 5 nitrogen and oxygen atoms in total. The highest BCUT2D eigenvalue weighted by Gasteiger charge is 2.31. The van der Waals surface area contributed by atoms with Crippen LogP contribution in [0.5, 0.6) is 11.5 Å². The van der Waals surface area contributed by atoms with Crippen LogP contribution in [0.3, 0.4) is 0 Å². The molecule has 0 saturated heterocycles. The minimum Gasteiger partial charge on any atom is -0.457 e. The molecule has 10 rings (SSSR count). The Bertz CT molecular complexity index is 3320. The number of benzene rings is 7. The zero-order valence-electron chi connectivity index (χ0n) is 40.0. The number of hydrogen-bond donors (Lipinski definition) is 0. The van der Waals surface area contributed by atoms with Gasteiger partial charge in [-0.25, -0.2) is 4.98 Å². The van der Waals surface area contributed by atoms with E-state index in [9.17, 15) is 0 Å². The van der Waals surface area contributed by atoms with Crippen molar-refractivity contribution in [3.63, 3.8) is 0 Å². The second-order valence-electron chi connectivity index (χ2n) is 13.4. The summed E-state index contributed by atoms with van der Waals surface area (Å²) in [5.41, 5.74) is 6.96. The van der Waals surface area contributed by atoms with E-state index in [1.807, 2.05) is 95.7 Å². The lowest BCUT2D eigenvalue weighted by Crippen LogP contribution is -2.24. The maximum Gasteiger partial charge on any atom is 0.137 e. The molecule has 0 unspecified atom stereocenters. The van der Waals surface area contributed by atoms with Crippen molar-refractivity contribution in [1.82, 2.24) is 9.55 Å². The van der Waals surface area contributed by atoms with E-state index in [1.54, 1.807) is 18.2 Å². The molecule has 3 heterocycles. The largest absolute Gasteiger partial charge is 0.457 e. The fourth-order valence-electron chi connectivity index (χ4n) is 7.48. The monoisotopic (exact) mass is 720 g/mol. The molecule has 5 heteroatoms. The summed E-state index contributed by atoms with van der Waals surface area (Å²) < 4.78 is 95.6. The molecule has 55 heavy (non-hydrogen) atoms. The second kappa shape index (κ2) is 13.4. The molecule has 0 N–H and O–H groups in total. The Hall–Kier alpha value is -7.11. The zero-order valence-corrected chi connectivity index (χ0v) is 30.0. The number of rotatable bonds is 7. The molecule has 0 saturated carbocycles. The average molecular weight is 721 g/mol. The lowest BCUT2D eigenvalue weighted by Gasteiger charge is -2.27. The average Bonchev–Trinajstić information content (AvgIpc) is 3.86. The van der Waals surface area contributed by atoms with E-state index in [0.29, 0.717) is 22.9 Å². The maximum absolute atomic E-state index is 9.00. The lowest BCUT2D eigenvalue weighted by atomic mass is 9.95. The van der Waals surface area contributed by atoms with Crippen LogP contribution in [0.25, 0.3) is 49.9 Å². The fraction of sp³-hybridized carbons (Fsp3) is 0.0600. The molecule has 0 bridgehead atoms. The van der Waals surface area contributed by atoms with Gasteiger partial charge in [-0.1, -0.05) is 115 Å². The number of nitrogens with zero attached hydrogens (tertiary/aromatic N) is 4. The predicted molar refractivity (Wildman–Crippen MR) is 227 cm³/mol. The van der Waals surface area contributed by atoms with Gasteiger partial charge in [0.1, 0.15) is 24.0 Å². The lowest BCUT2D eigenvalue weighted by molar-refractivity contribution is 0.483. The third-order valence-corrected chi connectivity index (χ3v) is 10.2. The van der Waals surface area contributed by atoms with Gasteiger partial charge in [0.2, 0.25) is 0 Å². The first-order chi connectivity index (χ1) is 31.2. The number of hydrogen-bond acceptors (Lipinski definition) is 4. The molecular formula is C50H38N4O. The summed E-state index contributed by atoms with van der Waals surface area (Å²) in [6.45, 7) is 4.24. The number of ether oxygens (including phenoxy) is 1. The van der Waals surface area contributed by atoms with Crippen molar-refractivity contribution >= 4 is 44.6 Å². The third-order valence-electron chi connectivity index (χ3n) is 10.2. The minimum atomic E-state index is -0.549. The van der Waals surface area contributed by atoms with E-state index < -0.39 is 60.4 Å². The van der Waals surface area contributed by atoms with Crippen LogP contribution in [-0.4, -0.2) is 16.2 Å². The van der Waals surface area contributed by atoms with Crippen molar-refractivity contribution in [2.75, 3.05) is 16.5 Å². The molecule has 0 fully saturated rings. The van der Waals surface area contributed by atoms with Gasteiger partial charge in [-0.15, -0.1) is 0 Å². The topological polar surface area (TPSA) is 33.5 Å². The van der Waals surface area contributed by atoms with Crippen molar-refractivity contribution in [3.05, 3.63) is 193 Å². The predicted octanol–water partition coefficient (Wildman–Crippen LogP) is 13.2. The van der Waals surface area contributed by atoms with Gasteiger partial charge in [0.25, 0.3) is 0 Å². The number of fused-ring (bicyclic) bond motifs is 4. The van der Waals surface area contributed by atoms with Crippen LogP contribution in [0.1, 0.15) is 24.8 Å². The number of para-hydroxylation sites is 4. The smallest absolute Gasteiger partial charge is 0.137 e. The van der Waals surface area contributed by atoms with Gasteiger partial charge in [0.05, 0.1) is 41.8 Å². The van der Waals surface area contributed by atoms with Crippen molar-refractivity contribution in [3.8, 4) is 39.6 Å². The zero-order chi connectivity index (χ0) is 45.6. The van der Waals surface area contributed by atoms with Crippen LogP contribution in [0.15, 0.2) is 182 Å². The van der Waals surface area contributed by atoms with Gasteiger partial charge in [-0.2, -0.15) is 0 Å². The van der Waals surface area contributed by atoms with E-state index in [-0.39, 0.29) is 28.9 Å². The van der Waals surface area contributed by atoms with E-state index in [0.717, 1.165) is 50.1 Å². The maximum atomic E-state index is 9.00. The Kier molecular flexibility index (Phi) is 5.73. The highest BCUT2D eigenvalue weighted by molar-refractivity contribution is 6.09. The molecule has 1 aliphatic rings. The number of anilines is 4. The molecule has 0 spiro atoms. The molecule has 0 aliphatic carbocycles. The van der Waals surface area contributed by atoms with Crippen molar-refractivity contribution < 1.29 is 18.4 Å². The Morgan fingerprint density at radius 1 is 0.564 bits per heavy atom. The quantitative estimate of drug-likeness (QED) is 0.164. The molecule has 0 atom stereocenters. The number of aryl methyl sites for hydroxylation is 2. The van der Waals surface area contributed by atoms with E-state index >= 15 is 0 Å². The van der Waals surface area contributed by atoms with Crippen LogP contribution in [0.2, 0.25) is 0 Å². The van der Waals surface area contributed by atoms with E-state index in [1.165, 1.54) is 0 Å². The molecular weight excluding hydrogens is 673 g/mol. The Labute approximate surface area is 335 Å². The standard InChI is InChI=1S/C50H38N4O/c1-34-29-49(51-32-35(34)2)54-45-24-10-9-21-43(45)44-28-27-40(31-48(44)54)55-39-20-13-19-38(30-39)52-33-53(47-26-12-11-25-46(47)52)50-41(36-15-5-3-6-16-36)22-14-23-42(50)37-17-7-4-8-18-37/h3-32H,33H2,1-2H3/i3D,4D,5D,6D,7D,8D,15D,16D,17D,18D. The number of pyridine rings is 1. The van der Waals surface area contributed by atoms with Gasteiger partial charge < -0.3 is 14.5 Å². The first-order valence-electron chi connectivity index (χ1n) is 22.9. The fourth-order valence-corrected chi connectivity index (χ4v) is 7.48. The van der Waals surface area contributed by atoms with Crippen LogP contribution in [0.4, 0.5) is 22.7 Å². The summed E-state index contributed by atoms with van der Waals surface area (Å²) in [5, 5.41) is 2.15. The van der Waals surface area contributed by atoms with Crippen LogP contribution < -0.4 is 14.5 Å². The van der Waals surface area contributed by atoms with E-state index in [4.69, 9.17) is 23.4 Å². The van der Waals surface area contributed by atoms with Crippen molar-refractivity contribution in [1.29, 1.82) is 0 Å². The van der Waals surface area contributed by atoms with Crippen LogP contribution in [0, 0.1) is 13.8 Å². The third kappa shape index (κ3) is 5.69. The Morgan fingerprint density at radius 3 is 1.93 bits per heavy atom. The molecule has 9 aromatic rings. The van der Waals surface area contributed by atoms with Crippen molar-refractivity contribution in [2.45, 2.75) is 13.8 Å². The normalized spacial score (nSPS) is 14.9. The summed E-state index contributed by atoms with van der Waals surface area (Å²) >= 11 is 0. The molecule has 264 valence electrons. The summed E-state index contributed by atoms with van der Waals surface area (Å²) in [4.78, 5) is 8.74. The first-order valence-corrected chi connectivity index (χ1v) is 17.9. The highest BCUT2D eigenvalue weighted by atomic mass is 16.5. The first kappa shape index (κ1) is 23.5. The summed E-state index contributed by atoms with van der Waals surface area (Å²) in [7, 11) is 0. The minimum absolute atomic E-state index is 0.0872. The molecule has 7 aromatic carbocycles. The molecule has 2 aromatic heterocycles. The summed E-state index contributed by atoms with van der Waals surface area (Å²) in [5.74, 6) is 1.98. The van der Waals surface area contributed by atoms with Crippen molar-refractivity contribution in [2.24, 2.45) is 0 Å². The Morgan fingerprint density at radius 2 is 1.20 bits per heavy atom. The summed E-state index contributed by atoms with van der Waals surface area (Å²) in [6, 6.07) is 31.5. The Balaban J connectivity index is 1.10. The van der Waals surface area contributed by atoms with Gasteiger partial charge in [-0.3, -0.25) is 4.57 Å². The van der Waals surface area contributed by atoms with Gasteiger partial charge in [0.15, 0.2) is 0 Å². The highest BCUT2D eigenvalue weighted by Crippen LogP contribution is 2.50. The molecule has 0 amide bonds. The van der Waals surface area contributed by atoms with Crippen LogP contribution in [-0.2, 0) is 0 Å². The van der Waals surface area contributed by atoms with Gasteiger partial charge in [0, 0.05) is 45.9 Å². The molecule has 1 aliphatic heterocycles. The van der Waals surface area contributed by atoms with Crippen LogP contribution >= 0.6 is 0 Å². The van der Waals surface area contributed by atoms with Gasteiger partial charge >= 0.3 is 0 Å². The summed E-state index contributed by atoms with van der Waals surface area (Å²) in [6.07, 6.45) is 1.89. The molecule has 0 radical (unpaired) electrons.